The molecule has 0 saturated carbocycles. The number of carbonyl (C=O) groups is 4. The molecule has 1 aliphatic heterocycles. The fraction of sp³-hybridized carbons (Fsp3) is 0.0526. The van der Waals surface area contributed by atoms with E-state index < -0.39 is 35.4 Å². The number of aromatic hydroxyl groups is 1. The predicted octanol–water partition coefficient (Wildman–Crippen LogP) is 2.90. The van der Waals surface area contributed by atoms with E-state index in [4.69, 9.17) is 5.11 Å². The zero-order valence-electron chi connectivity index (χ0n) is 14.6. The van der Waals surface area contributed by atoms with Gasteiger partial charge in [0.05, 0.1) is 16.2 Å². The Labute approximate surface area is 167 Å². The van der Waals surface area contributed by atoms with Crippen LogP contribution >= 0.6 is 11.8 Å². The molecule has 0 atom stereocenters. The third-order valence-corrected chi connectivity index (χ3v) is 4.74. The standard InChI is InChI=1S/C19H13FN2O6S/c20-11-3-1-2-10(6-11)7-15-17(25)22(19(28)29-15)9-16(24)21-14-5-4-12(23)8-13(14)18(26)27/h1-8,23H,9H2,(H,21,24)(H,26,27)/b15-7-. The van der Waals surface area contributed by atoms with Crippen molar-refractivity contribution < 1.29 is 33.8 Å². The summed E-state index contributed by atoms with van der Waals surface area (Å²) >= 11 is 0.610. The Hall–Kier alpha value is -3.66. The highest BCUT2D eigenvalue weighted by molar-refractivity contribution is 8.18. The van der Waals surface area contributed by atoms with Gasteiger partial charge >= 0.3 is 5.97 Å². The molecular weight excluding hydrogens is 403 g/mol. The van der Waals surface area contributed by atoms with Crippen LogP contribution in [0, 0.1) is 5.82 Å². The van der Waals surface area contributed by atoms with E-state index in [1.165, 1.54) is 36.4 Å². The number of hydrogen-bond donors (Lipinski definition) is 3. The molecule has 0 spiro atoms. The van der Waals surface area contributed by atoms with Crippen molar-refractivity contribution in [3.8, 4) is 5.75 Å². The van der Waals surface area contributed by atoms with Gasteiger partial charge in [-0.15, -0.1) is 0 Å². The summed E-state index contributed by atoms with van der Waals surface area (Å²) < 4.78 is 13.3. The number of rotatable bonds is 5. The minimum atomic E-state index is -1.37. The highest BCUT2D eigenvalue weighted by Gasteiger charge is 2.36. The molecule has 3 rings (SSSR count). The number of phenols is 1. The van der Waals surface area contributed by atoms with Gasteiger partial charge in [-0.1, -0.05) is 12.1 Å². The number of halogens is 1. The number of aromatic carboxylic acids is 1. The lowest BCUT2D eigenvalue weighted by Crippen LogP contribution is -2.36. The van der Waals surface area contributed by atoms with Crippen molar-refractivity contribution >= 4 is 46.5 Å². The highest BCUT2D eigenvalue weighted by Crippen LogP contribution is 2.32. The Morgan fingerprint density at radius 1 is 1.17 bits per heavy atom. The summed E-state index contributed by atoms with van der Waals surface area (Å²) in [4.78, 5) is 48.7. The monoisotopic (exact) mass is 416 g/mol. The molecule has 1 saturated heterocycles. The Bertz CT molecular complexity index is 1070. The molecule has 3 N–H and O–H groups in total. The molecule has 2 aromatic rings. The number of hydrogen-bond acceptors (Lipinski definition) is 6. The molecule has 0 aliphatic carbocycles. The Morgan fingerprint density at radius 3 is 2.62 bits per heavy atom. The van der Waals surface area contributed by atoms with Gasteiger partial charge in [0.1, 0.15) is 18.1 Å². The van der Waals surface area contributed by atoms with E-state index in [9.17, 15) is 28.7 Å². The van der Waals surface area contributed by atoms with Crippen LogP contribution < -0.4 is 5.32 Å². The van der Waals surface area contributed by atoms with Gasteiger partial charge < -0.3 is 15.5 Å². The van der Waals surface area contributed by atoms with E-state index in [0.717, 1.165) is 6.07 Å². The molecule has 0 unspecified atom stereocenters. The number of nitrogens with zero attached hydrogens (tertiary/aromatic N) is 1. The van der Waals surface area contributed by atoms with Gasteiger partial charge in [0.2, 0.25) is 5.91 Å². The van der Waals surface area contributed by atoms with Crippen molar-refractivity contribution in [2.24, 2.45) is 0 Å². The third-order valence-electron chi connectivity index (χ3n) is 3.83. The van der Waals surface area contributed by atoms with Gasteiger partial charge in [-0.25, -0.2) is 9.18 Å². The van der Waals surface area contributed by atoms with Crippen LogP contribution in [-0.2, 0) is 9.59 Å². The third kappa shape index (κ3) is 4.61. The first-order chi connectivity index (χ1) is 13.7. The lowest BCUT2D eigenvalue weighted by Gasteiger charge is -2.13. The Kier molecular flexibility index (Phi) is 5.64. The number of amides is 3. The van der Waals surface area contributed by atoms with Gasteiger partial charge in [0.25, 0.3) is 11.1 Å². The number of anilines is 1. The van der Waals surface area contributed by atoms with Crippen molar-refractivity contribution in [2.45, 2.75) is 0 Å². The number of thioether (sulfide) groups is 1. The molecule has 10 heteroatoms. The van der Waals surface area contributed by atoms with Gasteiger partial charge in [-0.3, -0.25) is 19.3 Å². The van der Waals surface area contributed by atoms with Crippen molar-refractivity contribution in [3.63, 3.8) is 0 Å². The van der Waals surface area contributed by atoms with Crippen LogP contribution in [0.15, 0.2) is 47.4 Å². The zero-order chi connectivity index (χ0) is 21.1. The summed E-state index contributed by atoms with van der Waals surface area (Å²) in [7, 11) is 0. The van der Waals surface area contributed by atoms with Crippen LogP contribution in [-0.4, -0.2) is 44.7 Å². The van der Waals surface area contributed by atoms with Gasteiger partial charge in [0, 0.05) is 0 Å². The normalized spacial score (nSPS) is 15.1. The molecule has 3 amide bonds. The maximum atomic E-state index is 13.3. The second-order valence-electron chi connectivity index (χ2n) is 5.91. The number of benzene rings is 2. The van der Waals surface area contributed by atoms with Gasteiger partial charge in [-0.2, -0.15) is 0 Å². The highest BCUT2D eigenvalue weighted by atomic mass is 32.2. The Morgan fingerprint density at radius 2 is 1.93 bits per heavy atom. The average Bonchev–Trinajstić information content (AvgIpc) is 2.90. The Balaban J connectivity index is 1.74. The molecule has 1 fully saturated rings. The molecular formula is C19H13FN2O6S. The minimum absolute atomic E-state index is 0.0317. The summed E-state index contributed by atoms with van der Waals surface area (Å²) in [6, 6.07) is 8.78. The number of phenolic OH excluding ortho intramolecular Hbond substituents is 1. The van der Waals surface area contributed by atoms with Crippen LogP contribution in [0.25, 0.3) is 6.08 Å². The largest absolute Gasteiger partial charge is 0.508 e. The maximum Gasteiger partial charge on any atom is 0.337 e. The van der Waals surface area contributed by atoms with Crippen molar-refractivity contribution in [2.75, 3.05) is 11.9 Å². The average molecular weight is 416 g/mol. The molecule has 148 valence electrons. The molecule has 0 aromatic heterocycles. The number of nitrogens with one attached hydrogen (secondary N) is 1. The van der Waals surface area contributed by atoms with Crippen molar-refractivity contribution in [1.29, 1.82) is 0 Å². The first-order valence-electron chi connectivity index (χ1n) is 8.11. The fourth-order valence-corrected chi connectivity index (χ4v) is 3.37. The van der Waals surface area contributed by atoms with Crippen molar-refractivity contribution in [3.05, 3.63) is 64.3 Å². The van der Waals surface area contributed by atoms with E-state index >= 15 is 0 Å². The lowest BCUT2D eigenvalue weighted by atomic mass is 10.1. The minimum Gasteiger partial charge on any atom is -0.508 e. The SMILES string of the molecule is O=C(CN1C(=O)S/C(=C\c2cccc(F)c2)C1=O)Nc1ccc(O)cc1C(=O)O. The van der Waals surface area contributed by atoms with Crippen LogP contribution in [0.3, 0.4) is 0 Å². The second-order valence-corrected chi connectivity index (χ2v) is 6.90. The number of imide groups is 1. The van der Waals surface area contributed by atoms with Gasteiger partial charge in [0.15, 0.2) is 0 Å². The summed E-state index contributed by atoms with van der Waals surface area (Å²) in [6.07, 6.45) is 1.34. The number of carbonyl (C=O) groups excluding carboxylic acids is 3. The lowest BCUT2D eigenvalue weighted by molar-refractivity contribution is -0.127. The van der Waals surface area contributed by atoms with E-state index in [2.05, 4.69) is 5.32 Å². The molecule has 1 heterocycles. The van der Waals surface area contributed by atoms with E-state index in [-0.39, 0.29) is 21.9 Å². The van der Waals surface area contributed by atoms with Crippen LogP contribution in [0.5, 0.6) is 5.75 Å². The van der Waals surface area contributed by atoms with Crippen LogP contribution in [0.4, 0.5) is 14.9 Å². The van der Waals surface area contributed by atoms with E-state index in [1.807, 2.05) is 0 Å². The predicted molar refractivity (Wildman–Crippen MR) is 103 cm³/mol. The van der Waals surface area contributed by atoms with Gasteiger partial charge in [-0.05, 0) is 53.7 Å². The second kappa shape index (κ2) is 8.15. The van der Waals surface area contributed by atoms with E-state index in [0.29, 0.717) is 22.2 Å². The molecule has 0 radical (unpaired) electrons. The maximum absolute atomic E-state index is 13.3. The summed E-state index contributed by atoms with van der Waals surface area (Å²) in [5.74, 6) is -3.69. The molecule has 1 aliphatic rings. The first-order valence-corrected chi connectivity index (χ1v) is 8.93. The molecule has 2 aromatic carbocycles. The summed E-state index contributed by atoms with van der Waals surface area (Å²) in [6.45, 7) is -0.634. The smallest absolute Gasteiger partial charge is 0.337 e. The van der Waals surface area contributed by atoms with Crippen molar-refractivity contribution in [1.82, 2.24) is 4.90 Å². The molecule has 0 bridgehead atoms. The zero-order valence-corrected chi connectivity index (χ0v) is 15.4. The van der Waals surface area contributed by atoms with E-state index in [1.54, 1.807) is 6.07 Å². The summed E-state index contributed by atoms with van der Waals surface area (Å²) in [5.41, 5.74) is -0.0591. The molecule has 8 nitrogen and oxygen atoms in total. The fourth-order valence-electron chi connectivity index (χ4n) is 2.54. The number of carboxylic acid groups (broad SMARTS) is 1. The molecule has 29 heavy (non-hydrogen) atoms. The van der Waals surface area contributed by atoms with Crippen LogP contribution in [0.2, 0.25) is 0 Å². The van der Waals surface area contributed by atoms with Crippen LogP contribution in [0.1, 0.15) is 15.9 Å². The first kappa shape index (κ1) is 20.1. The quantitative estimate of drug-likeness (QED) is 0.506. The summed E-state index contributed by atoms with van der Waals surface area (Å²) in [5, 5.41) is 20.1. The number of carboxylic acids is 1. The topological polar surface area (TPSA) is 124 Å².